The molecule has 6 aromatic carbocycles. The third-order valence-corrected chi connectivity index (χ3v) is 16.8. The molecule has 582 valence electrons. The lowest BCUT2D eigenvalue weighted by Crippen LogP contribution is -2.18. The van der Waals surface area contributed by atoms with Crippen molar-refractivity contribution < 1.29 is 81.2 Å². The standard InChI is InChI=1S/C30H26F4N4O3.C28H20F4N4O2.C25H18F4N4O2/c1-4-26(40-5-2)38-28(39)21-17-19(41-29-22(30(32,33)34)8-6-15-36-29)11-13-24(21)37-25-9-7-14-35-27(25)20-12-10-18(3)16-23(20)31;1-3-24-35-26(37)19-15-17(38-27-20(28(30,31)32)6-4-13-34-27)9-11-22(19)36(24)23-7-5-12-33-25(23)18-10-8-16(2)14-21(18)29;1-14-6-8-16(19(26)12-14)22-21(5-3-10-31-22)33-20-9-7-15(13-17(20)23(30)34)35-24-18(25(27,28)29)4-2-11-32-24/h6-17,37H,4-5H2,1-3H3;4-15H,3H2,1-2H3;2-13,33H,1H3,(H2,30,34). The van der Waals surface area contributed by atoms with Gasteiger partial charge < -0.3 is 35.3 Å². The highest BCUT2D eigenvalue weighted by molar-refractivity contribution is 6.06. The molecule has 13 rings (SSSR count). The number of aromatic nitrogens is 8. The molecular weight excluding hydrogens is 1500 g/mol. The first-order chi connectivity index (χ1) is 54.4. The van der Waals surface area contributed by atoms with E-state index in [1.54, 1.807) is 124 Å². The van der Waals surface area contributed by atoms with Crippen LogP contribution in [0.2, 0.25) is 0 Å². The molecule has 7 heterocycles. The molecule has 0 fully saturated rings. The van der Waals surface area contributed by atoms with Crippen LogP contribution in [-0.4, -0.2) is 63.8 Å². The molecule has 19 nitrogen and oxygen atoms in total. The van der Waals surface area contributed by atoms with Crippen molar-refractivity contribution >= 4 is 51.4 Å². The molecule has 0 saturated carbocycles. The Balaban J connectivity index is 0.000000169. The van der Waals surface area contributed by atoms with Crippen molar-refractivity contribution in [2.24, 2.45) is 10.7 Å². The van der Waals surface area contributed by atoms with Crippen molar-refractivity contribution in [1.82, 2.24) is 39.5 Å². The first-order valence-corrected chi connectivity index (χ1v) is 34.6. The van der Waals surface area contributed by atoms with Crippen LogP contribution < -0.4 is 36.1 Å². The number of benzene rings is 6. The number of nitrogens with two attached hydrogens (primary N) is 1. The van der Waals surface area contributed by atoms with Crippen LogP contribution >= 0.6 is 0 Å². The van der Waals surface area contributed by atoms with Gasteiger partial charge in [0.25, 0.3) is 17.4 Å². The first-order valence-electron chi connectivity index (χ1n) is 34.6. The second-order valence-electron chi connectivity index (χ2n) is 24.8. The molecule has 7 aromatic heterocycles. The second kappa shape index (κ2) is 35.0. The smallest absolute Gasteiger partial charge is 0.421 e. The average Bonchev–Trinajstić information content (AvgIpc) is 0.751. The minimum absolute atomic E-state index is 0.0209. The number of hydrogen-bond acceptors (Lipinski definition) is 16. The Hall–Kier alpha value is -13.9. The first kappa shape index (κ1) is 81.1. The molecular formula is C83H64F12N12O7. The van der Waals surface area contributed by atoms with E-state index < -0.39 is 87.7 Å². The van der Waals surface area contributed by atoms with E-state index in [0.29, 0.717) is 58.3 Å². The number of ether oxygens (including phenoxy) is 4. The molecule has 0 radical (unpaired) electrons. The summed E-state index contributed by atoms with van der Waals surface area (Å²) in [6.07, 6.45) is -5.30. The number of hydrogen-bond donors (Lipinski definition) is 3. The Morgan fingerprint density at radius 1 is 0.465 bits per heavy atom. The van der Waals surface area contributed by atoms with Gasteiger partial charge in [-0.15, -0.1) is 0 Å². The zero-order chi connectivity index (χ0) is 81.8. The molecule has 0 atom stereocenters. The van der Waals surface area contributed by atoms with Crippen molar-refractivity contribution in [3.05, 3.63) is 297 Å². The molecule has 4 N–H and O–H groups in total. The number of aryl methyl sites for hydroxylation is 4. The molecule has 13 aromatic rings. The third-order valence-electron chi connectivity index (χ3n) is 16.8. The number of carbonyl (C=O) groups excluding carboxylic acids is 2. The zero-order valence-electron chi connectivity index (χ0n) is 60.9. The number of carbonyl (C=O) groups is 2. The summed E-state index contributed by atoms with van der Waals surface area (Å²) >= 11 is 0. The Labute approximate surface area is 641 Å². The average molecular weight is 1570 g/mol. The van der Waals surface area contributed by atoms with Gasteiger partial charge in [0.15, 0.2) is 5.90 Å². The molecule has 31 heteroatoms. The molecule has 0 bridgehead atoms. The number of aliphatic imine (C=N–C) groups is 1. The largest absolute Gasteiger partial charge is 0.481 e. The lowest BCUT2D eigenvalue weighted by molar-refractivity contribution is -0.139. The van der Waals surface area contributed by atoms with E-state index in [1.165, 1.54) is 91.5 Å². The molecule has 0 saturated heterocycles. The number of anilines is 4. The summed E-state index contributed by atoms with van der Waals surface area (Å²) in [5.41, 5.74) is 7.70. The minimum Gasteiger partial charge on any atom is -0.481 e. The van der Waals surface area contributed by atoms with Gasteiger partial charge in [0.1, 0.15) is 57.2 Å². The van der Waals surface area contributed by atoms with Crippen LogP contribution in [0.4, 0.5) is 75.4 Å². The predicted molar refractivity (Wildman–Crippen MR) is 403 cm³/mol. The number of nitrogens with zero attached hydrogens (tertiary/aromatic N) is 9. The van der Waals surface area contributed by atoms with Gasteiger partial charge in [-0.2, -0.15) is 49.5 Å². The molecule has 0 aliphatic heterocycles. The summed E-state index contributed by atoms with van der Waals surface area (Å²) in [4.78, 5) is 70.8. The van der Waals surface area contributed by atoms with Gasteiger partial charge in [-0.25, -0.2) is 28.1 Å². The van der Waals surface area contributed by atoms with E-state index in [4.69, 9.17) is 24.7 Å². The maximum absolute atomic E-state index is 15.0. The number of halogens is 12. The van der Waals surface area contributed by atoms with Crippen molar-refractivity contribution in [3.63, 3.8) is 0 Å². The van der Waals surface area contributed by atoms with Crippen molar-refractivity contribution in [2.45, 2.75) is 72.9 Å². The lowest BCUT2D eigenvalue weighted by atomic mass is 10.1. The highest BCUT2D eigenvalue weighted by atomic mass is 19.4. The van der Waals surface area contributed by atoms with Crippen LogP contribution in [0.15, 0.2) is 229 Å². The summed E-state index contributed by atoms with van der Waals surface area (Å²) in [5.74, 6) is -4.55. The Bertz CT molecular complexity index is 5840. The number of amides is 2. The fourth-order valence-corrected chi connectivity index (χ4v) is 11.5. The number of rotatable bonds is 19. The summed E-state index contributed by atoms with van der Waals surface area (Å²) in [7, 11) is 0. The Morgan fingerprint density at radius 3 is 1.28 bits per heavy atom. The van der Waals surface area contributed by atoms with Crippen LogP contribution in [0.5, 0.6) is 34.9 Å². The number of nitrogens with one attached hydrogen (secondary N) is 2. The molecule has 2 amide bonds. The van der Waals surface area contributed by atoms with Crippen molar-refractivity contribution in [2.75, 3.05) is 17.2 Å². The van der Waals surface area contributed by atoms with Crippen LogP contribution in [0.3, 0.4) is 0 Å². The van der Waals surface area contributed by atoms with Gasteiger partial charge in [0.2, 0.25) is 17.6 Å². The molecule has 0 aliphatic rings. The van der Waals surface area contributed by atoms with Crippen LogP contribution in [0, 0.1) is 38.2 Å². The van der Waals surface area contributed by atoms with E-state index in [1.807, 2.05) is 6.92 Å². The zero-order valence-corrected chi connectivity index (χ0v) is 60.9. The number of alkyl halides is 9. The fourth-order valence-electron chi connectivity index (χ4n) is 11.5. The number of primary amides is 1. The van der Waals surface area contributed by atoms with Gasteiger partial charge in [-0.3, -0.25) is 33.9 Å². The summed E-state index contributed by atoms with van der Waals surface area (Å²) in [6.45, 7) is 10.9. The summed E-state index contributed by atoms with van der Waals surface area (Å²) in [6, 6.07) is 42.6. The van der Waals surface area contributed by atoms with Crippen LogP contribution in [0.25, 0.3) is 50.4 Å². The Kier molecular flexibility index (Phi) is 24.9. The molecule has 0 aliphatic carbocycles. The van der Waals surface area contributed by atoms with Crippen molar-refractivity contribution in [1.29, 1.82) is 0 Å². The maximum Gasteiger partial charge on any atom is 0.421 e. The number of fused-ring (bicyclic) bond motifs is 1. The van der Waals surface area contributed by atoms with E-state index in [9.17, 15) is 67.1 Å². The second-order valence-corrected chi connectivity index (χ2v) is 24.8. The quantitative estimate of drug-likeness (QED) is 0.0387. The SMILES string of the molecule is CCOC(CC)=NC(=O)c1cc(Oc2ncccc2C(F)(F)F)ccc1Nc1cccnc1-c1ccc(C)cc1F.CCc1nc(=O)c2cc(Oc3ncccc3C(F)(F)F)ccc2n1-c1cccnc1-c1ccc(C)cc1F.Cc1ccc(-c2ncccc2Nc2ccc(Oc3ncccc3C(F)(F)F)cc2C(N)=O)c(F)c1. The van der Waals surface area contributed by atoms with Crippen LogP contribution in [-0.2, 0) is 29.7 Å². The van der Waals surface area contributed by atoms with Gasteiger partial charge in [0, 0.05) is 66.7 Å². The monoisotopic (exact) mass is 1570 g/mol. The third kappa shape index (κ3) is 19.3. The fraction of sp³-hybridized carbons (Fsp3) is 0.145. The lowest BCUT2D eigenvalue weighted by Gasteiger charge is -2.19. The van der Waals surface area contributed by atoms with Gasteiger partial charge >= 0.3 is 18.5 Å². The van der Waals surface area contributed by atoms with Crippen molar-refractivity contribution in [3.8, 4) is 74.3 Å². The normalized spacial score (nSPS) is 11.5. The minimum atomic E-state index is -4.70. The summed E-state index contributed by atoms with van der Waals surface area (Å²) < 4.78 is 188. The molecule has 114 heavy (non-hydrogen) atoms. The van der Waals surface area contributed by atoms with E-state index >= 15 is 0 Å². The summed E-state index contributed by atoms with van der Waals surface area (Å²) in [5, 5.41) is 6.21. The van der Waals surface area contributed by atoms with Gasteiger partial charge in [-0.1, -0.05) is 32.0 Å². The highest BCUT2D eigenvalue weighted by Crippen LogP contribution is 2.43. The Morgan fingerprint density at radius 2 is 0.860 bits per heavy atom. The number of pyridine rings is 6. The van der Waals surface area contributed by atoms with Crippen LogP contribution in [0.1, 0.15) is 87.1 Å². The predicted octanol–water partition coefficient (Wildman–Crippen LogP) is 21.0. The van der Waals surface area contributed by atoms with E-state index in [0.717, 1.165) is 59.3 Å². The highest BCUT2D eigenvalue weighted by Gasteiger charge is 2.38. The van der Waals surface area contributed by atoms with E-state index in [-0.39, 0.29) is 74.3 Å². The maximum atomic E-state index is 15.0. The van der Waals surface area contributed by atoms with E-state index in [2.05, 4.69) is 50.5 Å². The molecule has 0 spiro atoms. The molecule has 0 unspecified atom stereocenters. The topological polar surface area (TPSA) is 246 Å². The van der Waals surface area contributed by atoms with Gasteiger partial charge in [-0.05, 0) is 208 Å². The van der Waals surface area contributed by atoms with Gasteiger partial charge in [0.05, 0.1) is 74.2 Å².